The highest BCUT2D eigenvalue weighted by Crippen LogP contribution is 2.15. The summed E-state index contributed by atoms with van der Waals surface area (Å²) >= 11 is 0. The number of nitrogens with zero attached hydrogens (tertiary/aromatic N) is 1. The first-order valence-corrected chi connectivity index (χ1v) is 5.02. The van der Waals surface area contributed by atoms with Crippen LogP contribution in [0.5, 0.6) is 0 Å². The van der Waals surface area contributed by atoms with Gasteiger partial charge in [0.1, 0.15) is 6.54 Å². The van der Waals surface area contributed by atoms with Gasteiger partial charge >= 0.3 is 0 Å². The lowest BCUT2D eigenvalue weighted by atomic mass is 10.1. The second kappa shape index (κ2) is 4.75. The fourth-order valence-electron chi connectivity index (χ4n) is 1.47. The van der Waals surface area contributed by atoms with Crippen molar-refractivity contribution < 1.29 is 14.3 Å². The standard InChI is InChI=1S/C12H20NO2/c1-13(2,3)9-10-5-7-11(8-6-10)12(14)15-4/h5-8,12,14H,9H2,1-4H3/q+1. The second-order valence-electron chi connectivity index (χ2n) is 4.78. The lowest BCUT2D eigenvalue weighted by molar-refractivity contribution is -0.884. The summed E-state index contributed by atoms with van der Waals surface area (Å²) in [6.45, 7) is 0.976. The van der Waals surface area contributed by atoms with Gasteiger partial charge in [-0.2, -0.15) is 0 Å². The molecule has 1 unspecified atom stereocenters. The summed E-state index contributed by atoms with van der Waals surface area (Å²) in [7, 11) is 7.94. The summed E-state index contributed by atoms with van der Waals surface area (Å²) in [6, 6.07) is 7.86. The predicted molar refractivity (Wildman–Crippen MR) is 60.1 cm³/mol. The minimum absolute atomic E-state index is 0.794. The third kappa shape index (κ3) is 4.00. The topological polar surface area (TPSA) is 29.5 Å². The molecule has 1 atom stereocenters. The Morgan fingerprint density at radius 2 is 1.73 bits per heavy atom. The van der Waals surface area contributed by atoms with Crippen molar-refractivity contribution in [3.05, 3.63) is 35.4 Å². The predicted octanol–water partition coefficient (Wildman–Crippen LogP) is 1.53. The zero-order valence-corrected chi connectivity index (χ0v) is 9.90. The van der Waals surface area contributed by atoms with Crippen LogP contribution in [-0.2, 0) is 11.3 Å². The van der Waals surface area contributed by atoms with Crippen LogP contribution in [0, 0.1) is 0 Å². The van der Waals surface area contributed by atoms with E-state index < -0.39 is 6.29 Å². The van der Waals surface area contributed by atoms with E-state index in [1.807, 2.05) is 24.3 Å². The molecule has 0 bridgehead atoms. The summed E-state index contributed by atoms with van der Waals surface area (Å²) in [5.41, 5.74) is 2.05. The molecular weight excluding hydrogens is 190 g/mol. The van der Waals surface area contributed by atoms with Gasteiger partial charge in [0.05, 0.1) is 21.1 Å². The lowest BCUT2D eigenvalue weighted by Gasteiger charge is -2.24. The molecule has 0 heterocycles. The van der Waals surface area contributed by atoms with E-state index >= 15 is 0 Å². The highest BCUT2D eigenvalue weighted by atomic mass is 16.6. The van der Waals surface area contributed by atoms with E-state index in [4.69, 9.17) is 4.74 Å². The quantitative estimate of drug-likeness (QED) is 0.603. The normalized spacial score (nSPS) is 13.9. The zero-order valence-electron chi connectivity index (χ0n) is 9.90. The monoisotopic (exact) mass is 210 g/mol. The van der Waals surface area contributed by atoms with E-state index in [0.717, 1.165) is 16.6 Å². The Morgan fingerprint density at radius 3 is 2.13 bits per heavy atom. The van der Waals surface area contributed by atoms with Crippen molar-refractivity contribution in [1.29, 1.82) is 0 Å². The molecule has 0 amide bonds. The first-order valence-electron chi connectivity index (χ1n) is 5.02. The van der Waals surface area contributed by atoms with Crippen LogP contribution in [0.2, 0.25) is 0 Å². The Hall–Kier alpha value is -0.900. The zero-order chi connectivity index (χ0) is 11.5. The Balaban J connectivity index is 2.72. The van der Waals surface area contributed by atoms with Crippen LogP contribution >= 0.6 is 0 Å². The maximum Gasteiger partial charge on any atom is 0.180 e. The Morgan fingerprint density at radius 1 is 1.20 bits per heavy atom. The van der Waals surface area contributed by atoms with Gasteiger partial charge in [-0.3, -0.25) is 0 Å². The number of hydrogen-bond acceptors (Lipinski definition) is 2. The van der Waals surface area contributed by atoms with Gasteiger partial charge in [-0.15, -0.1) is 0 Å². The molecule has 0 spiro atoms. The maximum atomic E-state index is 9.43. The summed E-state index contributed by atoms with van der Waals surface area (Å²) < 4.78 is 5.72. The summed E-state index contributed by atoms with van der Waals surface area (Å²) in [4.78, 5) is 0. The number of quaternary nitrogens is 1. The van der Waals surface area contributed by atoms with Crippen LogP contribution in [0.25, 0.3) is 0 Å². The van der Waals surface area contributed by atoms with Crippen molar-refractivity contribution in [1.82, 2.24) is 0 Å². The molecule has 3 nitrogen and oxygen atoms in total. The molecular formula is C12H20NO2+. The van der Waals surface area contributed by atoms with Gasteiger partial charge < -0.3 is 14.3 Å². The molecule has 0 saturated carbocycles. The molecule has 0 aliphatic carbocycles. The summed E-state index contributed by atoms with van der Waals surface area (Å²) in [5.74, 6) is 0. The fourth-order valence-corrected chi connectivity index (χ4v) is 1.47. The Kier molecular flexibility index (Phi) is 3.85. The van der Waals surface area contributed by atoms with Crippen LogP contribution in [0.3, 0.4) is 0 Å². The van der Waals surface area contributed by atoms with Crippen molar-refractivity contribution in [3.63, 3.8) is 0 Å². The van der Waals surface area contributed by atoms with Crippen LogP contribution in [0.1, 0.15) is 17.4 Å². The maximum absolute atomic E-state index is 9.43. The minimum Gasteiger partial charge on any atom is -0.364 e. The first kappa shape index (κ1) is 12.2. The van der Waals surface area contributed by atoms with Gasteiger partial charge in [-0.05, 0) is 0 Å². The smallest absolute Gasteiger partial charge is 0.180 e. The molecule has 1 N–H and O–H groups in total. The summed E-state index contributed by atoms with van der Waals surface area (Å²) in [5, 5.41) is 9.43. The van der Waals surface area contributed by atoms with Gasteiger partial charge in [0.15, 0.2) is 6.29 Å². The molecule has 1 rings (SSSR count). The van der Waals surface area contributed by atoms with Crippen molar-refractivity contribution >= 4 is 0 Å². The molecule has 0 aliphatic heterocycles. The molecule has 3 heteroatoms. The Bertz CT molecular complexity index is 300. The minimum atomic E-state index is -0.817. The average molecular weight is 210 g/mol. The van der Waals surface area contributed by atoms with Crippen LogP contribution < -0.4 is 0 Å². The van der Waals surface area contributed by atoms with Gasteiger partial charge in [-0.25, -0.2) is 0 Å². The van der Waals surface area contributed by atoms with E-state index in [1.54, 1.807) is 0 Å². The number of benzene rings is 1. The number of ether oxygens (including phenoxy) is 1. The van der Waals surface area contributed by atoms with Crippen molar-refractivity contribution in [2.24, 2.45) is 0 Å². The molecule has 1 aromatic rings. The third-order valence-electron chi connectivity index (χ3n) is 2.15. The van der Waals surface area contributed by atoms with Gasteiger partial charge in [0, 0.05) is 18.2 Å². The summed E-state index contributed by atoms with van der Waals surface area (Å²) in [6.07, 6.45) is -0.817. The average Bonchev–Trinajstić information content (AvgIpc) is 2.15. The number of hydrogen-bond donors (Lipinski definition) is 1. The molecule has 0 fully saturated rings. The molecule has 0 aliphatic rings. The van der Waals surface area contributed by atoms with Crippen molar-refractivity contribution in [2.75, 3.05) is 28.3 Å². The highest BCUT2D eigenvalue weighted by Gasteiger charge is 2.09. The second-order valence-corrected chi connectivity index (χ2v) is 4.78. The van der Waals surface area contributed by atoms with E-state index in [9.17, 15) is 5.11 Å². The third-order valence-corrected chi connectivity index (χ3v) is 2.15. The molecule has 1 aromatic carbocycles. The van der Waals surface area contributed by atoms with Crippen LogP contribution in [-0.4, -0.2) is 37.8 Å². The SMILES string of the molecule is COC(O)c1ccc(C[N+](C)(C)C)cc1. The molecule has 0 saturated heterocycles. The van der Waals surface area contributed by atoms with Gasteiger partial charge in [-0.1, -0.05) is 24.3 Å². The number of methoxy groups -OCH3 is 1. The van der Waals surface area contributed by atoms with E-state index in [2.05, 4.69) is 21.1 Å². The van der Waals surface area contributed by atoms with Crippen LogP contribution in [0.15, 0.2) is 24.3 Å². The lowest BCUT2D eigenvalue weighted by Crippen LogP contribution is -2.33. The van der Waals surface area contributed by atoms with Crippen molar-refractivity contribution in [3.8, 4) is 0 Å². The highest BCUT2D eigenvalue weighted by molar-refractivity contribution is 5.22. The number of rotatable bonds is 4. The van der Waals surface area contributed by atoms with E-state index in [1.165, 1.54) is 12.7 Å². The number of aliphatic hydroxyl groups excluding tert-OH is 1. The largest absolute Gasteiger partial charge is 0.364 e. The molecule has 84 valence electrons. The van der Waals surface area contributed by atoms with Crippen LogP contribution in [0.4, 0.5) is 0 Å². The Labute approximate surface area is 91.5 Å². The molecule has 0 radical (unpaired) electrons. The molecule has 15 heavy (non-hydrogen) atoms. The van der Waals surface area contributed by atoms with Gasteiger partial charge in [0.25, 0.3) is 0 Å². The number of aliphatic hydroxyl groups is 1. The molecule has 0 aromatic heterocycles. The van der Waals surface area contributed by atoms with E-state index in [0.29, 0.717) is 0 Å². The van der Waals surface area contributed by atoms with E-state index in [-0.39, 0.29) is 0 Å². The van der Waals surface area contributed by atoms with Crippen molar-refractivity contribution in [2.45, 2.75) is 12.8 Å². The van der Waals surface area contributed by atoms with Gasteiger partial charge in [0.2, 0.25) is 0 Å². The fraction of sp³-hybridized carbons (Fsp3) is 0.500. The first-order chi connectivity index (χ1) is 6.92.